The van der Waals surface area contributed by atoms with E-state index in [0.717, 1.165) is 30.3 Å². The summed E-state index contributed by atoms with van der Waals surface area (Å²) in [5.74, 6) is 0.562. The van der Waals surface area contributed by atoms with Crippen molar-refractivity contribution >= 4 is 17.4 Å². The van der Waals surface area contributed by atoms with Crippen LogP contribution in [0.2, 0.25) is 0 Å². The Kier molecular flexibility index (Phi) is 3.53. The quantitative estimate of drug-likeness (QED) is 0.833. The smallest absolute Gasteiger partial charge is 0.124 e. The van der Waals surface area contributed by atoms with Crippen LogP contribution in [0, 0.1) is 5.92 Å². The summed E-state index contributed by atoms with van der Waals surface area (Å²) in [4.78, 5) is 4.63. The van der Waals surface area contributed by atoms with Gasteiger partial charge in [-0.3, -0.25) is 0 Å². The van der Waals surface area contributed by atoms with E-state index >= 15 is 0 Å². The zero-order chi connectivity index (χ0) is 12.2. The summed E-state index contributed by atoms with van der Waals surface area (Å²) in [5.41, 5.74) is 2.23. The number of benzene rings is 1. The van der Waals surface area contributed by atoms with E-state index in [0.29, 0.717) is 5.92 Å². The van der Waals surface area contributed by atoms with Crippen molar-refractivity contribution in [3.63, 3.8) is 0 Å². The van der Waals surface area contributed by atoms with Crippen molar-refractivity contribution in [3.8, 4) is 10.6 Å². The highest BCUT2D eigenvalue weighted by Gasteiger charge is 2.11. The summed E-state index contributed by atoms with van der Waals surface area (Å²) < 4.78 is 5.35. The average Bonchev–Trinajstić information content (AvgIpc) is 3.09. The molecule has 1 fully saturated rings. The molecule has 0 aliphatic carbocycles. The van der Waals surface area contributed by atoms with Gasteiger partial charge in [0.05, 0.1) is 12.3 Å². The Bertz CT molecular complexity index is 526. The van der Waals surface area contributed by atoms with Crippen molar-refractivity contribution in [2.24, 2.45) is 5.92 Å². The fraction of sp³-hybridized carbons (Fsp3) is 0.267. The summed E-state index contributed by atoms with van der Waals surface area (Å²) in [5, 5.41) is 3.19. The zero-order valence-corrected chi connectivity index (χ0v) is 10.9. The highest BCUT2D eigenvalue weighted by Crippen LogP contribution is 2.24. The minimum atomic E-state index is 0.562. The molecule has 2 nitrogen and oxygen atoms in total. The molecule has 2 aromatic rings. The first-order valence-electron chi connectivity index (χ1n) is 6.19. The Morgan fingerprint density at radius 1 is 1.28 bits per heavy atom. The van der Waals surface area contributed by atoms with Crippen LogP contribution in [-0.2, 0) is 4.74 Å². The predicted octanol–water partition coefficient (Wildman–Crippen LogP) is 3.86. The third-order valence-corrected chi connectivity index (χ3v) is 3.96. The number of aromatic nitrogens is 1. The van der Waals surface area contributed by atoms with Gasteiger partial charge >= 0.3 is 0 Å². The van der Waals surface area contributed by atoms with Crippen molar-refractivity contribution in [2.75, 3.05) is 13.2 Å². The minimum absolute atomic E-state index is 0.562. The van der Waals surface area contributed by atoms with Gasteiger partial charge in [0, 0.05) is 23.5 Å². The fourth-order valence-electron chi connectivity index (χ4n) is 2.02. The molecule has 0 bridgehead atoms. The van der Waals surface area contributed by atoms with Crippen molar-refractivity contribution in [2.45, 2.75) is 6.42 Å². The van der Waals surface area contributed by atoms with Gasteiger partial charge in [0.2, 0.25) is 0 Å². The Morgan fingerprint density at radius 2 is 2.17 bits per heavy atom. The molecule has 2 heterocycles. The molecule has 3 heteroatoms. The van der Waals surface area contributed by atoms with Crippen LogP contribution in [0.1, 0.15) is 12.1 Å². The van der Waals surface area contributed by atoms with E-state index in [4.69, 9.17) is 4.74 Å². The number of hydrogen-bond acceptors (Lipinski definition) is 3. The molecule has 92 valence electrons. The number of ether oxygens (including phenoxy) is 1. The molecule has 1 aromatic heterocycles. The Balaban J connectivity index is 1.73. The van der Waals surface area contributed by atoms with E-state index < -0.39 is 0 Å². The third-order valence-electron chi connectivity index (χ3n) is 3.05. The summed E-state index contributed by atoms with van der Waals surface area (Å²) in [6.45, 7) is 1.74. The molecule has 0 radical (unpaired) electrons. The third kappa shape index (κ3) is 2.68. The van der Waals surface area contributed by atoms with E-state index in [2.05, 4.69) is 34.6 Å². The molecule has 0 amide bonds. The largest absolute Gasteiger partial charge is 0.381 e. The second-order valence-corrected chi connectivity index (χ2v) is 5.28. The first-order valence-corrected chi connectivity index (χ1v) is 7.07. The van der Waals surface area contributed by atoms with Gasteiger partial charge in [-0.05, 0) is 12.5 Å². The fourth-order valence-corrected chi connectivity index (χ4v) is 2.81. The van der Waals surface area contributed by atoms with Gasteiger partial charge in [-0.1, -0.05) is 36.4 Å². The second kappa shape index (κ2) is 5.46. The number of nitrogens with zero attached hydrogens (tertiary/aromatic N) is 1. The van der Waals surface area contributed by atoms with Crippen molar-refractivity contribution in [3.05, 3.63) is 47.5 Å². The molecule has 0 spiro atoms. The minimum Gasteiger partial charge on any atom is -0.381 e. The number of hydrogen-bond donors (Lipinski definition) is 0. The maximum absolute atomic E-state index is 5.35. The maximum atomic E-state index is 5.35. The number of thiazole rings is 1. The Hall–Kier alpha value is -1.45. The monoisotopic (exact) mass is 257 g/mol. The van der Waals surface area contributed by atoms with Gasteiger partial charge in [-0.25, -0.2) is 4.98 Å². The summed E-state index contributed by atoms with van der Waals surface area (Å²) in [6.07, 6.45) is 5.46. The molecule has 0 N–H and O–H groups in total. The summed E-state index contributed by atoms with van der Waals surface area (Å²) in [6, 6.07) is 10.3. The van der Waals surface area contributed by atoms with Crippen LogP contribution < -0.4 is 0 Å². The van der Waals surface area contributed by atoms with E-state index in [9.17, 15) is 0 Å². The zero-order valence-electron chi connectivity index (χ0n) is 10.1. The molecule has 3 rings (SSSR count). The number of rotatable bonds is 3. The Morgan fingerprint density at radius 3 is 2.94 bits per heavy atom. The molecular weight excluding hydrogens is 242 g/mol. The molecule has 18 heavy (non-hydrogen) atoms. The SMILES string of the molecule is C(=C\C1CCOC1)/c1csc(-c2ccccc2)n1. The molecular formula is C15H15NOS. The van der Waals surface area contributed by atoms with Gasteiger partial charge in [0.15, 0.2) is 0 Å². The molecule has 1 aliphatic rings. The van der Waals surface area contributed by atoms with E-state index in [1.54, 1.807) is 11.3 Å². The summed E-state index contributed by atoms with van der Waals surface area (Å²) in [7, 11) is 0. The lowest BCUT2D eigenvalue weighted by molar-refractivity contribution is 0.191. The van der Waals surface area contributed by atoms with E-state index in [-0.39, 0.29) is 0 Å². The lowest BCUT2D eigenvalue weighted by Gasteiger charge is -1.96. The molecule has 0 saturated carbocycles. The van der Waals surface area contributed by atoms with Crippen LogP contribution >= 0.6 is 11.3 Å². The van der Waals surface area contributed by atoms with Crippen LogP contribution in [0.25, 0.3) is 16.6 Å². The van der Waals surface area contributed by atoms with E-state index in [1.165, 1.54) is 5.56 Å². The highest BCUT2D eigenvalue weighted by atomic mass is 32.1. The van der Waals surface area contributed by atoms with Gasteiger partial charge in [-0.2, -0.15) is 0 Å². The van der Waals surface area contributed by atoms with Gasteiger partial charge in [0.25, 0.3) is 0 Å². The maximum Gasteiger partial charge on any atom is 0.124 e. The molecule has 1 aliphatic heterocycles. The standard InChI is InChI=1S/C15H15NOS/c1-2-4-13(5-3-1)15-16-14(11-18-15)7-6-12-8-9-17-10-12/h1-7,11-12H,8-10H2/b7-6+. The first kappa shape index (κ1) is 11.6. The van der Waals surface area contributed by atoms with Crippen LogP contribution in [0.3, 0.4) is 0 Å². The highest BCUT2D eigenvalue weighted by molar-refractivity contribution is 7.13. The van der Waals surface area contributed by atoms with Crippen LogP contribution in [0.5, 0.6) is 0 Å². The molecule has 1 saturated heterocycles. The van der Waals surface area contributed by atoms with Crippen molar-refractivity contribution in [1.82, 2.24) is 4.98 Å². The average molecular weight is 257 g/mol. The molecule has 1 aromatic carbocycles. The first-order chi connectivity index (χ1) is 8.92. The van der Waals surface area contributed by atoms with Crippen LogP contribution in [0.4, 0.5) is 0 Å². The lowest BCUT2D eigenvalue weighted by Crippen LogP contribution is -1.92. The molecule has 1 unspecified atom stereocenters. The van der Waals surface area contributed by atoms with E-state index in [1.807, 2.05) is 18.2 Å². The predicted molar refractivity (Wildman–Crippen MR) is 75.5 cm³/mol. The topological polar surface area (TPSA) is 22.1 Å². The van der Waals surface area contributed by atoms with Crippen LogP contribution in [-0.4, -0.2) is 18.2 Å². The normalized spacial score (nSPS) is 19.7. The van der Waals surface area contributed by atoms with Crippen molar-refractivity contribution in [1.29, 1.82) is 0 Å². The summed E-state index contributed by atoms with van der Waals surface area (Å²) >= 11 is 1.69. The molecule has 1 atom stereocenters. The second-order valence-electron chi connectivity index (χ2n) is 4.43. The lowest BCUT2D eigenvalue weighted by atomic mass is 10.1. The Labute approximate surface area is 111 Å². The van der Waals surface area contributed by atoms with Gasteiger partial charge in [0.1, 0.15) is 5.01 Å². The van der Waals surface area contributed by atoms with Gasteiger partial charge < -0.3 is 4.74 Å². The van der Waals surface area contributed by atoms with Crippen molar-refractivity contribution < 1.29 is 4.74 Å². The van der Waals surface area contributed by atoms with Crippen LogP contribution in [0.15, 0.2) is 41.8 Å². The van der Waals surface area contributed by atoms with Gasteiger partial charge in [-0.15, -0.1) is 11.3 Å².